The molecule has 142 valence electrons. The van der Waals surface area contributed by atoms with Gasteiger partial charge in [0.25, 0.3) is 0 Å². The van der Waals surface area contributed by atoms with Crippen LogP contribution in [0.25, 0.3) is 0 Å². The summed E-state index contributed by atoms with van der Waals surface area (Å²) in [5, 5.41) is 11.9. The van der Waals surface area contributed by atoms with E-state index >= 15 is 0 Å². The highest BCUT2D eigenvalue weighted by atomic mass is 28.4. The first-order valence-electron chi connectivity index (χ1n) is 8.41. The van der Waals surface area contributed by atoms with E-state index in [4.69, 9.17) is 9.16 Å². The molecule has 0 aromatic rings. The Balaban J connectivity index is 4.63. The van der Waals surface area contributed by atoms with Gasteiger partial charge < -0.3 is 19.6 Å². The van der Waals surface area contributed by atoms with Gasteiger partial charge in [0.2, 0.25) is 0 Å². The van der Waals surface area contributed by atoms with Crippen LogP contribution in [0.2, 0.25) is 18.1 Å². The molecule has 0 bridgehead atoms. The van der Waals surface area contributed by atoms with Gasteiger partial charge >= 0.3 is 12.1 Å². The number of carboxylic acids is 1. The Kier molecular flexibility index (Phi) is 7.96. The predicted octanol–water partition coefficient (Wildman–Crippen LogP) is 4.01. The average Bonchev–Trinajstić information content (AvgIpc) is 2.31. The fourth-order valence-electron chi connectivity index (χ4n) is 1.71. The fourth-order valence-corrected chi connectivity index (χ4v) is 2.84. The van der Waals surface area contributed by atoms with Crippen LogP contribution in [0, 0.1) is 5.92 Å². The summed E-state index contributed by atoms with van der Waals surface area (Å²) in [5.74, 6) is -1.06. The number of aliphatic carboxylic acids is 1. The minimum absolute atomic E-state index is 0.00941. The first-order valence-corrected chi connectivity index (χ1v) is 11.3. The molecule has 0 saturated carbocycles. The predicted molar refractivity (Wildman–Crippen MR) is 97.7 cm³/mol. The van der Waals surface area contributed by atoms with Crippen molar-refractivity contribution in [3.05, 3.63) is 0 Å². The summed E-state index contributed by atoms with van der Waals surface area (Å²) in [6.45, 7) is 18.4. The smallest absolute Gasteiger partial charge is 0.408 e. The van der Waals surface area contributed by atoms with Gasteiger partial charge in [-0.15, -0.1) is 0 Å². The zero-order chi connectivity index (χ0) is 19.3. The average molecular weight is 362 g/mol. The van der Waals surface area contributed by atoms with E-state index in [0.29, 0.717) is 13.0 Å². The minimum atomic E-state index is -1.87. The van der Waals surface area contributed by atoms with Gasteiger partial charge in [0.1, 0.15) is 11.6 Å². The van der Waals surface area contributed by atoms with E-state index in [1.165, 1.54) is 0 Å². The first kappa shape index (κ1) is 22.9. The van der Waals surface area contributed by atoms with Crippen molar-refractivity contribution in [2.75, 3.05) is 6.61 Å². The Bertz CT molecular complexity index is 437. The molecule has 0 aromatic heterocycles. The molecule has 2 unspecified atom stereocenters. The third kappa shape index (κ3) is 8.68. The molecule has 2 N–H and O–H groups in total. The molecule has 0 aliphatic rings. The van der Waals surface area contributed by atoms with E-state index in [1.807, 2.05) is 6.92 Å². The van der Waals surface area contributed by atoms with Gasteiger partial charge in [-0.05, 0) is 51.2 Å². The highest BCUT2D eigenvalue weighted by Gasteiger charge is 2.37. The number of carboxylic acid groups (broad SMARTS) is 1. The van der Waals surface area contributed by atoms with Crippen LogP contribution in [0.1, 0.15) is 54.9 Å². The summed E-state index contributed by atoms with van der Waals surface area (Å²) in [4.78, 5) is 23.2. The van der Waals surface area contributed by atoms with Crippen LogP contribution in [0.15, 0.2) is 0 Å². The van der Waals surface area contributed by atoms with Crippen molar-refractivity contribution in [2.45, 2.75) is 84.7 Å². The van der Waals surface area contributed by atoms with Gasteiger partial charge in [0.15, 0.2) is 8.32 Å². The number of carbonyl (C=O) groups is 2. The van der Waals surface area contributed by atoms with Crippen molar-refractivity contribution in [2.24, 2.45) is 5.92 Å². The van der Waals surface area contributed by atoms with E-state index in [-0.39, 0.29) is 11.0 Å². The highest BCUT2D eigenvalue weighted by molar-refractivity contribution is 6.74. The number of nitrogens with one attached hydrogen (secondary N) is 1. The molecule has 7 heteroatoms. The standard InChI is InChI=1S/C17H35NO5Si/c1-12(11-22-24(8,9)17(5,6)7)10-13(14(19)20)18-15(21)23-16(2,3)4/h12-13H,10-11H2,1-9H3,(H,18,21)(H,19,20). The zero-order valence-electron chi connectivity index (χ0n) is 16.6. The Morgan fingerprint density at radius 1 is 1.12 bits per heavy atom. The lowest BCUT2D eigenvalue weighted by molar-refractivity contribution is -0.140. The molecule has 0 aromatic carbocycles. The SMILES string of the molecule is CC(CO[Si](C)(C)C(C)(C)C)CC(NC(=O)OC(C)(C)C)C(=O)O. The highest BCUT2D eigenvalue weighted by Crippen LogP contribution is 2.36. The number of amides is 1. The van der Waals surface area contributed by atoms with Crippen LogP contribution in [0.4, 0.5) is 4.79 Å². The van der Waals surface area contributed by atoms with Crippen LogP contribution >= 0.6 is 0 Å². The summed E-state index contributed by atoms with van der Waals surface area (Å²) >= 11 is 0. The second kappa shape index (κ2) is 8.34. The molecule has 0 saturated heterocycles. The first-order chi connectivity index (χ1) is 10.5. The van der Waals surface area contributed by atoms with Crippen molar-refractivity contribution in [1.82, 2.24) is 5.32 Å². The number of ether oxygens (including phenoxy) is 1. The van der Waals surface area contributed by atoms with Crippen LogP contribution < -0.4 is 5.32 Å². The van der Waals surface area contributed by atoms with Crippen molar-refractivity contribution in [3.8, 4) is 0 Å². The summed E-state index contributed by atoms with van der Waals surface area (Å²) in [6.07, 6.45) is -0.421. The van der Waals surface area contributed by atoms with Gasteiger partial charge in [-0.1, -0.05) is 27.7 Å². The lowest BCUT2D eigenvalue weighted by Crippen LogP contribution is -2.45. The molecule has 2 atom stereocenters. The Morgan fingerprint density at radius 3 is 2.00 bits per heavy atom. The summed E-state index contributed by atoms with van der Waals surface area (Å²) in [7, 11) is -1.87. The van der Waals surface area contributed by atoms with Gasteiger partial charge in [-0.3, -0.25) is 0 Å². The number of hydrogen-bond acceptors (Lipinski definition) is 4. The van der Waals surface area contributed by atoms with Crippen LogP contribution in [-0.4, -0.2) is 43.7 Å². The summed E-state index contributed by atoms with van der Waals surface area (Å²) < 4.78 is 11.2. The molecule has 0 spiro atoms. The molecule has 1 amide bonds. The lowest BCUT2D eigenvalue weighted by atomic mass is 10.0. The molecule has 0 radical (unpaired) electrons. The molecular weight excluding hydrogens is 326 g/mol. The van der Waals surface area contributed by atoms with Gasteiger partial charge in [0.05, 0.1) is 0 Å². The molecule has 0 heterocycles. The monoisotopic (exact) mass is 361 g/mol. The van der Waals surface area contributed by atoms with Crippen molar-refractivity contribution < 1.29 is 23.9 Å². The number of rotatable bonds is 7. The quantitative estimate of drug-likeness (QED) is 0.669. The lowest BCUT2D eigenvalue weighted by Gasteiger charge is -2.37. The second-order valence-electron chi connectivity index (χ2n) is 8.95. The fraction of sp³-hybridized carbons (Fsp3) is 0.882. The third-order valence-electron chi connectivity index (χ3n) is 4.16. The second-order valence-corrected chi connectivity index (χ2v) is 13.8. The van der Waals surface area contributed by atoms with E-state index < -0.39 is 32.0 Å². The summed E-state index contributed by atoms with van der Waals surface area (Å²) in [6, 6.07) is -0.988. The largest absolute Gasteiger partial charge is 0.480 e. The number of hydrogen-bond donors (Lipinski definition) is 2. The Morgan fingerprint density at radius 2 is 1.62 bits per heavy atom. The number of alkyl carbamates (subject to hydrolysis) is 1. The number of carbonyl (C=O) groups excluding carboxylic acids is 1. The van der Waals surface area contributed by atoms with Crippen molar-refractivity contribution in [3.63, 3.8) is 0 Å². The van der Waals surface area contributed by atoms with Crippen molar-refractivity contribution >= 4 is 20.4 Å². The molecule has 0 aliphatic heterocycles. The molecular formula is C17H35NO5Si. The van der Waals surface area contributed by atoms with Gasteiger partial charge in [0, 0.05) is 6.61 Å². The maximum atomic E-state index is 11.8. The van der Waals surface area contributed by atoms with Gasteiger partial charge in [-0.25, -0.2) is 9.59 Å². The molecule has 24 heavy (non-hydrogen) atoms. The van der Waals surface area contributed by atoms with E-state index in [1.54, 1.807) is 20.8 Å². The zero-order valence-corrected chi connectivity index (χ0v) is 17.6. The molecule has 0 aliphatic carbocycles. The molecule has 6 nitrogen and oxygen atoms in total. The van der Waals surface area contributed by atoms with E-state index in [9.17, 15) is 14.7 Å². The maximum Gasteiger partial charge on any atom is 0.408 e. The minimum Gasteiger partial charge on any atom is -0.480 e. The summed E-state index contributed by atoms with van der Waals surface area (Å²) in [5.41, 5.74) is -0.663. The maximum absolute atomic E-state index is 11.8. The molecule has 0 rings (SSSR count). The van der Waals surface area contributed by atoms with E-state index in [2.05, 4.69) is 39.2 Å². The normalized spacial score (nSPS) is 15.5. The van der Waals surface area contributed by atoms with Crippen LogP contribution in [-0.2, 0) is 14.0 Å². The molecule has 0 fully saturated rings. The van der Waals surface area contributed by atoms with Gasteiger partial charge in [-0.2, -0.15) is 0 Å². The van der Waals surface area contributed by atoms with E-state index in [0.717, 1.165) is 0 Å². The Labute approximate surface area is 147 Å². The third-order valence-corrected chi connectivity index (χ3v) is 8.66. The topological polar surface area (TPSA) is 84.9 Å². The van der Waals surface area contributed by atoms with Crippen LogP contribution in [0.5, 0.6) is 0 Å². The van der Waals surface area contributed by atoms with Crippen LogP contribution in [0.3, 0.4) is 0 Å². The van der Waals surface area contributed by atoms with Crippen molar-refractivity contribution in [1.29, 1.82) is 0 Å². The Hall–Kier alpha value is -1.08.